The Bertz CT molecular complexity index is 333. The molecule has 1 aromatic heterocycles. The van der Waals surface area contributed by atoms with Gasteiger partial charge in [0.25, 0.3) is 0 Å². The van der Waals surface area contributed by atoms with E-state index in [1.54, 1.807) is 11.3 Å². The average Bonchev–Trinajstić information content (AvgIpc) is 2.65. The summed E-state index contributed by atoms with van der Waals surface area (Å²) in [4.78, 5) is 6.95. The van der Waals surface area contributed by atoms with Gasteiger partial charge < -0.3 is 5.73 Å². The summed E-state index contributed by atoms with van der Waals surface area (Å²) in [5, 5.41) is 3.39. The van der Waals surface area contributed by atoms with Crippen LogP contribution in [0.3, 0.4) is 0 Å². The van der Waals surface area contributed by atoms with Crippen LogP contribution in [-0.2, 0) is 13.0 Å². The zero-order chi connectivity index (χ0) is 12.9. The van der Waals surface area contributed by atoms with Crippen molar-refractivity contribution in [1.29, 1.82) is 0 Å². The highest BCUT2D eigenvalue weighted by Crippen LogP contribution is 2.17. The molecule has 0 aliphatic heterocycles. The Hall–Kier alpha value is -0.450. The fourth-order valence-electron chi connectivity index (χ4n) is 1.87. The van der Waals surface area contributed by atoms with Gasteiger partial charge in [0, 0.05) is 11.9 Å². The highest BCUT2D eigenvalue weighted by molar-refractivity contribution is 7.09. The lowest BCUT2D eigenvalue weighted by Gasteiger charge is -2.28. The molecule has 0 aliphatic rings. The van der Waals surface area contributed by atoms with Gasteiger partial charge in [0.2, 0.25) is 0 Å². The van der Waals surface area contributed by atoms with Crippen LogP contribution in [0.2, 0.25) is 0 Å². The quantitative estimate of drug-likeness (QED) is 0.814. The average molecular weight is 255 g/mol. The number of nitrogens with two attached hydrogens (primary N) is 1. The van der Waals surface area contributed by atoms with Crippen LogP contribution in [0.25, 0.3) is 0 Å². The van der Waals surface area contributed by atoms with Crippen molar-refractivity contribution in [3.05, 3.63) is 16.1 Å². The van der Waals surface area contributed by atoms with Crippen molar-refractivity contribution < 1.29 is 0 Å². The van der Waals surface area contributed by atoms with Gasteiger partial charge in [-0.05, 0) is 25.4 Å². The van der Waals surface area contributed by atoms with E-state index in [1.165, 1.54) is 17.1 Å². The maximum absolute atomic E-state index is 5.75. The van der Waals surface area contributed by atoms with Gasteiger partial charge in [-0.15, -0.1) is 11.3 Å². The zero-order valence-electron chi connectivity index (χ0n) is 11.5. The van der Waals surface area contributed by atoms with E-state index < -0.39 is 0 Å². The molecule has 2 N–H and O–H groups in total. The molecule has 0 amide bonds. The van der Waals surface area contributed by atoms with E-state index in [4.69, 9.17) is 5.73 Å². The molecular weight excluding hydrogens is 230 g/mol. The molecule has 1 rings (SSSR count). The molecule has 0 aromatic carbocycles. The molecule has 17 heavy (non-hydrogen) atoms. The molecule has 1 heterocycles. The second-order valence-corrected chi connectivity index (χ2v) is 6.47. The number of hydrogen-bond donors (Lipinski definition) is 1. The number of nitrogens with zero attached hydrogens (tertiary/aromatic N) is 2. The Morgan fingerprint density at radius 2 is 2.18 bits per heavy atom. The van der Waals surface area contributed by atoms with Crippen molar-refractivity contribution in [2.24, 2.45) is 11.1 Å². The van der Waals surface area contributed by atoms with Crippen molar-refractivity contribution >= 4 is 11.3 Å². The Morgan fingerprint density at radius 3 is 2.76 bits per heavy atom. The molecule has 0 atom stereocenters. The van der Waals surface area contributed by atoms with Crippen LogP contribution >= 0.6 is 11.3 Å². The highest BCUT2D eigenvalue weighted by atomic mass is 32.1. The molecule has 0 aliphatic carbocycles. The van der Waals surface area contributed by atoms with Crippen LogP contribution in [0.4, 0.5) is 0 Å². The maximum atomic E-state index is 5.75. The van der Waals surface area contributed by atoms with Gasteiger partial charge in [0.15, 0.2) is 0 Å². The number of hydrogen-bond acceptors (Lipinski definition) is 4. The number of thiazole rings is 1. The van der Waals surface area contributed by atoms with Crippen LogP contribution in [0.15, 0.2) is 5.38 Å². The third kappa shape index (κ3) is 5.15. The molecule has 98 valence electrons. The molecule has 1 aromatic rings. The molecule has 0 unspecified atom stereocenters. The summed E-state index contributed by atoms with van der Waals surface area (Å²) in [5.41, 5.74) is 7.17. The van der Waals surface area contributed by atoms with E-state index in [1.807, 2.05) is 0 Å². The predicted molar refractivity (Wildman–Crippen MR) is 75.3 cm³/mol. The predicted octanol–water partition coefficient (Wildman–Crippen LogP) is 2.51. The summed E-state index contributed by atoms with van der Waals surface area (Å²) in [6, 6.07) is 0. The Balaban J connectivity index is 2.47. The SMILES string of the molecule is CCCc1csc(CN(C)CC(C)(C)CN)n1. The van der Waals surface area contributed by atoms with E-state index in [9.17, 15) is 0 Å². The lowest BCUT2D eigenvalue weighted by Crippen LogP contribution is -2.36. The minimum absolute atomic E-state index is 0.179. The molecule has 3 nitrogen and oxygen atoms in total. The number of aryl methyl sites for hydroxylation is 1. The fraction of sp³-hybridized carbons (Fsp3) is 0.769. The summed E-state index contributed by atoms with van der Waals surface area (Å²) in [5.74, 6) is 0. The minimum Gasteiger partial charge on any atom is -0.330 e. The van der Waals surface area contributed by atoms with Crippen LogP contribution < -0.4 is 5.73 Å². The first-order chi connectivity index (χ1) is 7.96. The van der Waals surface area contributed by atoms with Gasteiger partial charge in [-0.1, -0.05) is 27.2 Å². The first kappa shape index (κ1) is 14.6. The molecular formula is C13H25N3S. The van der Waals surface area contributed by atoms with Gasteiger partial charge in [0.05, 0.1) is 12.2 Å². The molecule has 0 saturated carbocycles. The molecule has 0 bridgehead atoms. The fourth-order valence-corrected chi connectivity index (χ4v) is 2.78. The third-order valence-corrected chi connectivity index (χ3v) is 3.64. The minimum atomic E-state index is 0.179. The lowest BCUT2D eigenvalue weighted by atomic mass is 9.93. The lowest BCUT2D eigenvalue weighted by molar-refractivity contribution is 0.209. The van der Waals surface area contributed by atoms with Crippen molar-refractivity contribution in [3.8, 4) is 0 Å². The summed E-state index contributed by atoms with van der Waals surface area (Å²) >= 11 is 1.77. The van der Waals surface area contributed by atoms with Gasteiger partial charge >= 0.3 is 0 Å². The molecule has 0 fully saturated rings. The maximum Gasteiger partial charge on any atom is 0.107 e. The number of rotatable bonds is 7. The van der Waals surface area contributed by atoms with Crippen LogP contribution in [0, 0.1) is 5.41 Å². The van der Waals surface area contributed by atoms with Crippen LogP contribution in [0.5, 0.6) is 0 Å². The Morgan fingerprint density at radius 1 is 1.47 bits per heavy atom. The molecule has 0 radical (unpaired) electrons. The largest absolute Gasteiger partial charge is 0.330 e. The van der Waals surface area contributed by atoms with E-state index >= 15 is 0 Å². The highest BCUT2D eigenvalue weighted by Gasteiger charge is 2.18. The molecule has 0 spiro atoms. The van der Waals surface area contributed by atoms with Gasteiger partial charge in [-0.25, -0.2) is 4.98 Å². The van der Waals surface area contributed by atoms with Gasteiger partial charge in [0.1, 0.15) is 5.01 Å². The van der Waals surface area contributed by atoms with Crippen molar-refractivity contribution in [2.75, 3.05) is 20.1 Å². The first-order valence-corrected chi connectivity index (χ1v) is 7.16. The second kappa shape index (κ2) is 6.47. The molecule has 0 saturated heterocycles. The number of aromatic nitrogens is 1. The first-order valence-electron chi connectivity index (χ1n) is 6.28. The topological polar surface area (TPSA) is 42.1 Å². The zero-order valence-corrected chi connectivity index (χ0v) is 12.3. The smallest absolute Gasteiger partial charge is 0.107 e. The van der Waals surface area contributed by atoms with E-state index in [0.29, 0.717) is 0 Å². The van der Waals surface area contributed by atoms with Crippen molar-refractivity contribution in [1.82, 2.24) is 9.88 Å². The van der Waals surface area contributed by atoms with E-state index in [-0.39, 0.29) is 5.41 Å². The van der Waals surface area contributed by atoms with Crippen LogP contribution in [-0.4, -0.2) is 30.0 Å². The molecule has 4 heteroatoms. The third-order valence-electron chi connectivity index (χ3n) is 2.76. The van der Waals surface area contributed by atoms with E-state index in [0.717, 1.165) is 26.1 Å². The summed E-state index contributed by atoms with van der Waals surface area (Å²) in [6.07, 6.45) is 2.26. The summed E-state index contributed by atoms with van der Waals surface area (Å²) in [6.45, 7) is 9.25. The normalized spacial score (nSPS) is 12.4. The summed E-state index contributed by atoms with van der Waals surface area (Å²) < 4.78 is 0. The second-order valence-electron chi connectivity index (χ2n) is 5.52. The van der Waals surface area contributed by atoms with E-state index in [2.05, 4.69) is 43.1 Å². The Kier molecular flexibility index (Phi) is 5.56. The van der Waals surface area contributed by atoms with Crippen LogP contribution in [0.1, 0.15) is 37.9 Å². The Labute approximate surface area is 109 Å². The monoisotopic (exact) mass is 255 g/mol. The van der Waals surface area contributed by atoms with Gasteiger partial charge in [-0.3, -0.25) is 4.90 Å². The standard InChI is InChI=1S/C13H25N3S/c1-5-6-11-8-17-12(15-11)7-16(4)10-13(2,3)9-14/h8H,5-7,9-10,14H2,1-4H3. The van der Waals surface area contributed by atoms with Crippen molar-refractivity contribution in [3.63, 3.8) is 0 Å². The van der Waals surface area contributed by atoms with Crippen molar-refractivity contribution in [2.45, 2.75) is 40.2 Å². The van der Waals surface area contributed by atoms with Gasteiger partial charge in [-0.2, -0.15) is 0 Å². The summed E-state index contributed by atoms with van der Waals surface area (Å²) in [7, 11) is 2.14.